The molecule has 0 radical (unpaired) electrons. The number of carbonyl (C=O) groups is 1. The first-order valence-electron chi connectivity index (χ1n) is 27.8. The SMILES string of the molecule is CC/C=C\C/C=C\C/C=C\C/C=C\C/C=C\C/C=C\C/C=C\CCCCCCCCCC(=O)NC(COC1OC(CO)C(O)C(O)C1O)C(O)/C=C/CC/C=C/CC/C=C/CCCCCCCCCC. The number of hydrogen-bond acceptors (Lipinski definition) is 8. The summed E-state index contributed by atoms with van der Waals surface area (Å²) in [6, 6.07) is -0.844. The number of ether oxygens (including phenoxy) is 2. The van der Waals surface area contributed by atoms with Crippen LogP contribution in [0.2, 0.25) is 0 Å². The molecule has 0 saturated carbocycles. The van der Waals surface area contributed by atoms with Crippen molar-refractivity contribution in [3.05, 3.63) is 122 Å². The van der Waals surface area contributed by atoms with Gasteiger partial charge in [-0.05, 0) is 103 Å². The van der Waals surface area contributed by atoms with Crippen molar-refractivity contribution in [3.8, 4) is 0 Å². The minimum Gasteiger partial charge on any atom is -0.394 e. The summed E-state index contributed by atoms with van der Waals surface area (Å²) in [6.07, 6.45) is 66.8. The maximum Gasteiger partial charge on any atom is 0.220 e. The van der Waals surface area contributed by atoms with Crippen LogP contribution in [0, 0.1) is 0 Å². The Hall–Kier alpha value is -3.41. The highest BCUT2D eigenvalue weighted by molar-refractivity contribution is 5.76. The fourth-order valence-corrected chi connectivity index (χ4v) is 7.87. The first-order valence-corrected chi connectivity index (χ1v) is 27.8. The van der Waals surface area contributed by atoms with Gasteiger partial charge in [0, 0.05) is 6.42 Å². The highest BCUT2D eigenvalue weighted by atomic mass is 16.7. The van der Waals surface area contributed by atoms with E-state index in [4.69, 9.17) is 9.47 Å². The van der Waals surface area contributed by atoms with Crippen LogP contribution >= 0.6 is 0 Å². The van der Waals surface area contributed by atoms with E-state index in [1.807, 2.05) is 6.08 Å². The molecule has 9 heteroatoms. The summed E-state index contributed by atoms with van der Waals surface area (Å²) in [4.78, 5) is 13.0. The van der Waals surface area contributed by atoms with E-state index in [9.17, 15) is 30.3 Å². The molecule has 6 N–H and O–H groups in total. The van der Waals surface area contributed by atoms with Gasteiger partial charge in [0.15, 0.2) is 6.29 Å². The van der Waals surface area contributed by atoms with Crippen LogP contribution in [0.3, 0.4) is 0 Å². The van der Waals surface area contributed by atoms with E-state index < -0.39 is 49.5 Å². The van der Waals surface area contributed by atoms with Crippen molar-refractivity contribution < 1.29 is 39.8 Å². The second-order valence-corrected chi connectivity index (χ2v) is 18.6. The van der Waals surface area contributed by atoms with Gasteiger partial charge in [0.25, 0.3) is 0 Å². The Morgan fingerprint density at radius 3 is 1.37 bits per heavy atom. The molecule has 0 spiro atoms. The monoisotopic (exact) mass is 976 g/mol. The summed E-state index contributed by atoms with van der Waals surface area (Å²) in [5.41, 5.74) is 0. The number of aliphatic hydroxyl groups excluding tert-OH is 5. The molecule has 398 valence electrons. The van der Waals surface area contributed by atoms with Crippen molar-refractivity contribution in [2.24, 2.45) is 0 Å². The average Bonchev–Trinajstić information content (AvgIpc) is 3.36. The predicted molar refractivity (Wildman–Crippen MR) is 294 cm³/mol. The Morgan fingerprint density at radius 1 is 0.500 bits per heavy atom. The molecule has 0 aliphatic carbocycles. The molecule has 1 heterocycles. The number of unbranched alkanes of at least 4 members (excludes halogenated alkanes) is 17. The second kappa shape index (κ2) is 49.2. The number of hydrogen-bond donors (Lipinski definition) is 6. The van der Waals surface area contributed by atoms with Crippen LogP contribution in [0.15, 0.2) is 122 Å². The molecule has 1 rings (SSSR count). The van der Waals surface area contributed by atoms with Crippen LogP contribution in [0.25, 0.3) is 0 Å². The standard InChI is InChI=1S/C61H101NO8/c1-3-5-7-9-11-13-15-17-19-21-23-24-25-26-27-28-29-30-31-32-33-35-37-39-41-43-45-47-49-51-57(65)62-54(53-69-61-60(68)59(67)58(66)56(52-63)70-61)55(64)50-48-46-44-42-40-38-36-34-22-20-18-16-14-12-10-8-6-4-2/h5,7,11,13,17,19,22-24,26-27,29-30,32-34,40,42,48,50,54-56,58-61,63-64,66-68H,3-4,6,8-10,12,14-16,18,20-21,25,28,31,35-39,41,43-47,49,51-53H2,1-2H3,(H,62,65)/b7-5-,13-11-,19-17-,24-23-,27-26-,30-29-,33-32-,34-22+,42-40+,50-48+. The molecule has 0 aromatic rings. The van der Waals surface area contributed by atoms with Crippen LogP contribution in [0.1, 0.15) is 200 Å². The molecule has 1 aliphatic heterocycles. The highest BCUT2D eigenvalue weighted by Gasteiger charge is 2.44. The normalized spacial score (nSPS) is 20.4. The zero-order valence-electron chi connectivity index (χ0n) is 44.0. The van der Waals surface area contributed by atoms with Gasteiger partial charge in [0.2, 0.25) is 5.91 Å². The molecular formula is C61H101NO8. The van der Waals surface area contributed by atoms with Crippen LogP contribution < -0.4 is 5.32 Å². The lowest BCUT2D eigenvalue weighted by Gasteiger charge is -2.40. The van der Waals surface area contributed by atoms with Crippen molar-refractivity contribution in [1.82, 2.24) is 5.32 Å². The van der Waals surface area contributed by atoms with Gasteiger partial charge >= 0.3 is 0 Å². The van der Waals surface area contributed by atoms with E-state index in [1.165, 1.54) is 70.6 Å². The van der Waals surface area contributed by atoms with Crippen molar-refractivity contribution in [2.45, 2.75) is 243 Å². The quantitative estimate of drug-likeness (QED) is 0.0261. The molecule has 7 unspecified atom stereocenters. The molecule has 1 saturated heterocycles. The van der Waals surface area contributed by atoms with Gasteiger partial charge in [-0.25, -0.2) is 0 Å². The molecule has 0 aromatic carbocycles. The van der Waals surface area contributed by atoms with E-state index in [0.29, 0.717) is 6.42 Å². The fraction of sp³-hybridized carbons (Fsp3) is 0.656. The molecule has 9 nitrogen and oxygen atoms in total. The van der Waals surface area contributed by atoms with Crippen molar-refractivity contribution in [1.29, 1.82) is 0 Å². The molecule has 0 aromatic heterocycles. The molecule has 70 heavy (non-hydrogen) atoms. The molecule has 7 atom stereocenters. The molecule has 1 aliphatic rings. The van der Waals surface area contributed by atoms with Crippen LogP contribution in [0.4, 0.5) is 0 Å². The molecule has 1 amide bonds. The Labute approximate surface area is 427 Å². The highest BCUT2D eigenvalue weighted by Crippen LogP contribution is 2.22. The number of rotatable bonds is 45. The topological polar surface area (TPSA) is 149 Å². The van der Waals surface area contributed by atoms with Gasteiger partial charge in [-0.3, -0.25) is 4.79 Å². The third-order valence-electron chi connectivity index (χ3n) is 12.2. The first kappa shape index (κ1) is 64.6. The van der Waals surface area contributed by atoms with Crippen LogP contribution in [-0.2, 0) is 14.3 Å². The largest absolute Gasteiger partial charge is 0.394 e. The molecular weight excluding hydrogens is 875 g/mol. The van der Waals surface area contributed by atoms with Crippen molar-refractivity contribution >= 4 is 5.91 Å². The van der Waals surface area contributed by atoms with Gasteiger partial charge in [-0.1, -0.05) is 212 Å². The smallest absolute Gasteiger partial charge is 0.220 e. The van der Waals surface area contributed by atoms with E-state index >= 15 is 0 Å². The zero-order chi connectivity index (χ0) is 50.8. The zero-order valence-corrected chi connectivity index (χ0v) is 44.0. The van der Waals surface area contributed by atoms with E-state index in [0.717, 1.165) is 109 Å². The van der Waals surface area contributed by atoms with Gasteiger partial charge in [-0.2, -0.15) is 0 Å². The third-order valence-corrected chi connectivity index (χ3v) is 12.2. The third kappa shape index (κ3) is 38.3. The summed E-state index contributed by atoms with van der Waals surface area (Å²) in [7, 11) is 0. The van der Waals surface area contributed by atoms with E-state index in [1.54, 1.807) is 6.08 Å². The molecule has 1 fully saturated rings. The van der Waals surface area contributed by atoms with Crippen LogP contribution in [0.5, 0.6) is 0 Å². The van der Waals surface area contributed by atoms with Gasteiger partial charge < -0.3 is 40.3 Å². The van der Waals surface area contributed by atoms with Crippen LogP contribution in [-0.4, -0.2) is 87.5 Å². The second-order valence-electron chi connectivity index (χ2n) is 18.6. The Kier molecular flexibility index (Phi) is 45.4. The fourth-order valence-electron chi connectivity index (χ4n) is 7.87. The summed E-state index contributed by atoms with van der Waals surface area (Å²) in [6.45, 7) is 3.62. The number of amides is 1. The van der Waals surface area contributed by atoms with Gasteiger partial charge in [0.1, 0.15) is 24.4 Å². The Bertz CT molecular complexity index is 1510. The average molecular weight is 976 g/mol. The number of allylic oxidation sites excluding steroid dienone is 19. The maximum atomic E-state index is 13.0. The number of aliphatic hydroxyl groups is 5. The number of carbonyl (C=O) groups excluding carboxylic acids is 1. The summed E-state index contributed by atoms with van der Waals surface area (Å²) in [5, 5.41) is 54.4. The minimum atomic E-state index is -1.58. The molecule has 0 bridgehead atoms. The summed E-state index contributed by atoms with van der Waals surface area (Å²) >= 11 is 0. The first-order chi connectivity index (χ1) is 34.3. The summed E-state index contributed by atoms with van der Waals surface area (Å²) < 4.78 is 11.2. The van der Waals surface area contributed by atoms with E-state index in [2.05, 4.69) is 129 Å². The van der Waals surface area contributed by atoms with Crippen molar-refractivity contribution in [3.63, 3.8) is 0 Å². The Balaban J connectivity index is 2.30. The lowest BCUT2D eigenvalue weighted by molar-refractivity contribution is -0.302. The maximum absolute atomic E-state index is 13.0. The minimum absolute atomic E-state index is 0.208. The van der Waals surface area contributed by atoms with Crippen molar-refractivity contribution in [2.75, 3.05) is 13.2 Å². The number of nitrogens with one attached hydrogen (secondary N) is 1. The van der Waals surface area contributed by atoms with E-state index in [-0.39, 0.29) is 12.5 Å². The predicted octanol–water partition coefficient (Wildman–Crippen LogP) is 13.6. The van der Waals surface area contributed by atoms with Gasteiger partial charge in [-0.15, -0.1) is 0 Å². The van der Waals surface area contributed by atoms with Gasteiger partial charge in [0.05, 0.1) is 25.4 Å². The lowest BCUT2D eigenvalue weighted by Crippen LogP contribution is -2.60. The summed E-state index contributed by atoms with van der Waals surface area (Å²) in [5.74, 6) is -0.208. The lowest BCUT2D eigenvalue weighted by atomic mass is 9.99. The Morgan fingerprint density at radius 2 is 0.900 bits per heavy atom.